The summed E-state index contributed by atoms with van der Waals surface area (Å²) in [5.41, 5.74) is 5.49. The Hall–Kier alpha value is 0.830. The molecule has 0 aliphatic rings. The van der Waals surface area contributed by atoms with Gasteiger partial charge in [-0.2, -0.15) is 0 Å². The summed E-state index contributed by atoms with van der Waals surface area (Å²) >= 11 is 0. The average molecular weight is 319 g/mol. The first-order valence-corrected chi connectivity index (χ1v) is 8.36. The Morgan fingerprint density at radius 2 is 1.60 bits per heavy atom. The van der Waals surface area contributed by atoms with E-state index in [2.05, 4.69) is 27.7 Å². The van der Waals surface area contributed by atoms with E-state index in [-0.39, 0.29) is 29.6 Å². The molecule has 0 rings (SSSR count). The third-order valence-corrected chi connectivity index (χ3v) is 3.56. The van der Waals surface area contributed by atoms with E-state index in [9.17, 15) is 0 Å². The SMILES string of the molecule is CCC(C)CC(C)C(C)CCCCN.O=S(=O)([O-])O.[Na+]. The second kappa shape index (κ2) is 14.8. The Morgan fingerprint density at radius 1 is 1.15 bits per heavy atom. The van der Waals surface area contributed by atoms with Gasteiger partial charge in [-0.15, -0.1) is 0 Å². The van der Waals surface area contributed by atoms with Gasteiger partial charge in [0.25, 0.3) is 0 Å². The third kappa shape index (κ3) is 23.9. The molecular weight excluding hydrogens is 289 g/mol. The van der Waals surface area contributed by atoms with Crippen LogP contribution < -0.4 is 35.3 Å². The zero-order valence-electron chi connectivity index (χ0n) is 13.6. The van der Waals surface area contributed by atoms with Gasteiger partial charge in [0.05, 0.1) is 0 Å². The number of hydrogen-bond donors (Lipinski definition) is 2. The molecule has 0 spiro atoms. The van der Waals surface area contributed by atoms with Crippen molar-refractivity contribution in [3.05, 3.63) is 0 Å². The molecule has 0 aromatic heterocycles. The molecular formula is C13H30NNaO4S. The van der Waals surface area contributed by atoms with Crippen molar-refractivity contribution >= 4 is 10.4 Å². The van der Waals surface area contributed by atoms with E-state index in [1.165, 1.54) is 32.1 Å². The molecule has 0 aromatic carbocycles. The zero-order valence-corrected chi connectivity index (χ0v) is 16.4. The summed E-state index contributed by atoms with van der Waals surface area (Å²) in [7, 11) is -4.92. The number of hydrogen-bond acceptors (Lipinski definition) is 4. The normalized spacial score (nSPS) is 15.3. The molecule has 118 valence electrons. The van der Waals surface area contributed by atoms with Crippen LogP contribution in [0.2, 0.25) is 0 Å². The fourth-order valence-corrected chi connectivity index (χ4v) is 1.93. The van der Waals surface area contributed by atoms with Crippen LogP contribution in [-0.2, 0) is 10.4 Å². The van der Waals surface area contributed by atoms with Crippen molar-refractivity contribution in [1.82, 2.24) is 0 Å². The molecule has 5 nitrogen and oxygen atoms in total. The van der Waals surface area contributed by atoms with E-state index < -0.39 is 10.4 Å². The largest absolute Gasteiger partial charge is 1.00 e. The van der Waals surface area contributed by atoms with E-state index in [1.54, 1.807) is 0 Å². The van der Waals surface area contributed by atoms with E-state index >= 15 is 0 Å². The fraction of sp³-hybridized carbons (Fsp3) is 1.00. The van der Waals surface area contributed by atoms with Crippen LogP contribution in [-0.4, -0.2) is 24.1 Å². The maximum absolute atomic E-state index is 8.63. The van der Waals surface area contributed by atoms with Crippen LogP contribution in [0.3, 0.4) is 0 Å². The van der Waals surface area contributed by atoms with Gasteiger partial charge in [0, 0.05) is 0 Å². The van der Waals surface area contributed by atoms with Crippen molar-refractivity contribution in [1.29, 1.82) is 0 Å². The molecule has 0 radical (unpaired) electrons. The van der Waals surface area contributed by atoms with Crippen LogP contribution in [0.4, 0.5) is 0 Å². The summed E-state index contributed by atoms with van der Waals surface area (Å²) in [5, 5.41) is 0. The molecule has 20 heavy (non-hydrogen) atoms. The Morgan fingerprint density at radius 3 is 1.95 bits per heavy atom. The molecule has 0 saturated heterocycles. The van der Waals surface area contributed by atoms with Crippen LogP contribution in [0.25, 0.3) is 0 Å². The van der Waals surface area contributed by atoms with Gasteiger partial charge in [-0.25, -0.2) is 8.42 Å². The van der Waals surface area contributed by atoms with E-state index in [1.807, 2.05) is 0 Å². The smallest absolute Gasteiger partial charge is 0.726 e. The summed E-state index contributed by atoms with van der Waals surface area (Å²) < 4.78 is 32.8. The van der Waals surface area contributed by atoms with Gasteiger partial charge in [0.15, 0.2) is 0 Å². The summed E-state index contributed by atoms with van der Waals surface area (Å²) in [6.07, 6.45) is 6.57. The Kier molecular flexibility index (Phi) is 19.0. The van der Waals surface area contributed by atoms with Crippen molar-refractivity contribution in [2.75, 3.05) is 6.54 Å². The molecule has 3 unspecified atom stereocenters. The predicted molar refractivity (Wildman–Crippen MR) is 77.6 cm³/mol. The van der Waals surface area contributed by atoms with Gasteiger partial charge in [-0.05, 0) is 37.1 Å². The first-order chi connectivity index (χ1) is 8.61. The second-order valence-electron chi connectivity index (χ2n) is 5.42. The second-order valence-corrected chi connectivity index (χ2v) is 6.27. The molecule has 3 N–H and O–H groups in total. The van der Waals surface area contributed by atoms with Gasteiger partial charge < -0.3 is 10.3 Å². The van der Waals surface area contributed by atoms with Gasteiger partial charge in [0.2, 0.25) is 10.4 Å². The van der Waals surface area contributed by atoms with Crippen molar-refractivity contribution in [3.8, 4) is 0 Å². The van der Waals surface area contributed by atoms with Crippen LogP contribution >= 0.6 is 0 Å². The Balaban J connectivity index is -0.000000414. The van der Waals surface area contributed by atoms with Gasteiger partial charge in [-0.1, -0.05) is 47.0 Å². The molecule has 0 bridgehead atoms. The fourth-order valence-electron chi connectivity index (χ4n) is 1.93. The van der Waals surface area contributed by atoms with E-state index in [4.69, 9.17) is 23.3 Å². The first-order valence-electron chi connectivity index (χ1n) is 7.00. The molecule has 0 aromatic rings. The van der Waals surface area contributed by atoms with Crippen molar-refractivity contribution in [3.63, 3.8) is 0 Å². The molecule has 3 atom stereocenters. The first kappa shape index (κ1) is 25.8. The van der Waals surface area contributed by atoms with Gasteiger partial charge in [0.1, 0.15) is 0 Å². The minimum atomic E-state index is -4.92. The molecule has 0 fully saturated rings. The van der Waals surface area contributed by atoms with Crippen LogP contribution in [0.1, 0.15) is 59.8 Å². The summed E-state index contributed by atoms with van der Waals surface area (Å²) in [5.74, 6) is 2.64. The average Bonchev–Trinajstić information content (AvgIpc) is 2.26. The monoisotopic (exact) mass is 319 g/mol. The van der Waals surface area contributed by atoms with E-state index in [0.717, 1.165) is 24.3 Å². The Bertz CT molecular complexity index is 291. The van der Waals surface area contributed by atoms with Crippen molar-refractivity contribution in [2.24, 2.45) is 23.5 Å². The molecule has 0 aliphatic carbocycles. The Labute approximate surface area is 147 Å². The number of unbranched alkanes of at least 4 members (excludes halogenated alkanes) is 1. The van der Waals surface area contributed by atoms with Crippen LogP contribution in [0.15, 0.2) is 0 Å². The summed E-state index contributed by atoms with van der Waals surface area (Å²) in [4.78, 5) is 0. The van der Waals surface area contributed by atoms with Crippen LogP contribution in [0, 0.1) is 17.8 Å². The maximum atomic E-state index is 8.63. The van der Waals surface area contributed by atoms with Crippen LogP contribution in [0.5, 0.6) is 0 Å². The molecule has 0 amide bonds. The standard InChI is InChI=1S/C13H29N.Na.H2O4S/c1-5-11(2)10-13(4)12(3)8-6-7-9-14;;1-5(2,3)4/h11-13H,5-10,14H2,1-4H3;;(H2,1,2,3,4)/q;+1;/p-1. The quantitative estimate of drug-likeness (QED) is 0.280. The zero-order chi connectivity index (χ0) is 15.5. The van der Waals surface area contributed by atoms with Gasteiger partial charge >= 0.3 is 29.6 Å². The van der Waals surface area contributed by atoms with Gasteiger partial charge in [-0.3, -0.25) is 4.55 Å². The summed E-state index contributed by atoms with van der Waals surface area (Å²) in [6, 6.07) is 0. The minimum Gasteiger partial charge on any atom is -0.726 e. The van der Waals surface area contributed by atoms with E-state index in [0.29, 0.717) is 0 Å². The number of nitrogens with two attached hydrogens (primary N) is 1. The summed E-state index contributed by atoms with van der Waals surface area (Å²) in [6.45, 7) is 10.3. The molecule has 7 heteroatoms. The topological polar surface area (TPSA) is 103 Å². The maximum Gasteiger partial charge on any atom is 1.00 e. The van der Waals surface area contributed by atoms with Crippen molar-refractivity contribution < 1.29 is 47.1 Å². The van der Waals surface area contributed by atoms with Crippen molar-refractivity contribution in [2.45, 2.75) is 59.8 Å². The minimum absolute atomic E-state index is 0. The third-order valence-electron chi connectivity index (χ3n) is 3.56. The predicted octanol–water partition coefficient (Wildman–Crippen LogP) is -0.168. The molecule has 0 saturated carbocycles. The molecule has 0 aliphatic heterocycles. The number of rotatable bonds is 8. The molecule has 0 heterocycles.